The van der Waals surface area contributed by atoms with Crippen LogP contribution in [0.2, 0.25) is 0 Å². The highest BCUT2D eigenvalue weighted by Gasteiger charge is 2.04. The minimum atomic E-state index is 0.433. The van der Waals surface area contributed by atoms with E-state index >= 15 is 0 Å². The standard InChI is InChI=1S/C11H11NO2/c1-3-4-9-5-6-10(14-8-12)11(7-9)13-2/h3,5-7H,1,4H2,2H3. The van der Waals surface area contributed by atoms with Gasteiger partial charge in [-0.3, -0.25) is 0 Å². The van der Waals surface area contributed by atoms with E-state index in [2.05, 4.69) is 6.58 Å². The van der Waals surface area contributed by atoms with Crippen LogP contribution < -0.4 is 9.47 Å². The van der Waals surface area contributed by atoms with E-state index < -0.39 is 0 Å². The van der Waals surface area contributed by atoms with Crippen molar-refractivity contribution in [2.45, 2.75) is 6.42 Å². The molecule has 0 aromatic heterocycles. The maximum Gasteiger partial charge on any atom is 0.292 e. The van der Waals surface area contributed by atoms with Gasteiger partial charge in [0.05, 0.1) is 7.11 Å². The lowest BCUT2D eigenvalue weighted by molar-refractivity contribution is 0.383. The monoisotopic (exact) mass is 189 g/mol. The summed E-state index contributed by atoms with van der Waals surface area (Å²) in [6, 6.07) is 5.41. The predicted octanol–water partition coefficient (Wildman–Crippen LogP) is 2.28. The molecular weight excluding hydrogens is 178 g/mol. The number of benzene rings is 1. The lowest BCUT2D eigenvalue weighted by Gasteiger charge is -2.06. The summed E-state index contributed by atoms with van der Waals surface area (Å²) in [5.41, 5.74) is 1.07. The molecule has 0 atom stereocenters. The van der Waals surface area contributed by atoms with E-state index in [9.17, 15) is 0 Å². The van der Waals surface area contributed by atoms with Gasteiger partial charge in [0, 0.05) is 0 Å². The fourth-order valence-corrected chi connectivity index (χ4v) is 1.14. The third-order valence-corrected chi connectivity index (χ3v) is 1.76. The van der Waals surface area contributed by atoms with Gasteiger partial charge in [0.1, 0.15) is 0 Å². The van der Waals surface area contributed by atoms with E-state index in [4.69, 9.17) is 14.7 Å². The van der Waals surface area contributed by atoms with Gasteiger partial charge < -0.3 is 9.47 Å². The van der Waals surface area contributed by atoms with Crippen LogP contribution in [0.5, 0.6) is 11.5 Å². The first kappa shape index (κ1) is 10.1. The maximum absolute atomic E-state index is 8.37. The van der Waals surface area contributed by atoms with Crippen LogP contribution in [0.3, 0.4) is 0 Å². The number of hydrogen-bond donors (Lipinski definition) is 0. The summed E-state index contributed by atoms with van der Waals surface area (Å²) in [6.07, 6.45) is 4.18. The average molecular weight is 189 g/mol. The molecule has 14 heavy (non-hydrogen) atoms. The zero-order chi connectivity index (χ0) is 10.4. The molecule has 0 radical (unpaired) electrons. The lowest BCUT2D eigenvalue weighted by Crippen LogP contribution is -1.91. The first-order valence-electron chi connectivity index (χ1n) is 4.15. The molecule has 0 spiro atoms. The van der Waals surface area contributed by atoms with Crippen molar-refractivity contribution in [2.75, 3.05) is 7.11 Å². The van der Waals surface area contributed by atoms with Crippen LogP contribution in [-0.4, -0.2) is 7.11 Å². The molecule has 0 fully saturated rings. The Kier molecular flexibility index (Phi) is 3.57. The average Bonchev–Trinajstić information content (AvgIpc) is 2.21. The molecule has 0 amide bonds. The predicted molar refractivity (Wildman–Crippen MR) is 53.1 cm³/mol. The second-order valence-electron chi connectivity index (χ2n) is 2.67. The van der Waals surface area contributed by atoms with Crippen LogP contribution in [0, 0.1) is 11.5 Å². The second kappa shape index (κ2) is 4.93. The van der Waals surface area contributed by atoms with Crippen molar-refractivity contribution >= 4 is 0 Å². The van der Waals surface area contributed by atoms with Crippen LogP contribution in [0.25, 0.3) is 0 Å². The molecular formula is C11H11NO2. The fraction of sp³-hybridized carbons (Fsp3) is 0.182. The van der Waals surface area contributed by atoms with Gasteiger partial charge in [-0.2, -0.15) is 0 Å². The van der Waals surface area contributed by atoms with Crippen molar-refractivity contribution in [1.29, 1.82) is 5.26 Å². The number of allylic oxidation sites excluding steroid dienone is 1. The van der Waals surface area contributed by atoms with Crippen molar-refractivity contribution in [3.63, 3.8) is 0 Å². The minimum Gasteiger partial charge on any atom is -0.493 e. The fourth-order valence-electron chi connectivity index (χ4n) is 1.14. The summed E-state index contributed by atoms with van der Waals surface area (Å²) >= 11 is 0. The highest BCUT2D eigenvalue weighted by atomic mass is 16.5. The zero-order valence-electron chi connectivity index (χ0n) is 7.99. The summed E-state index contributed by atoms with van der Waals surface area (Å²) < 4.78 is 9.79. The van der Waals surface area contributed by atoms with Crippen LogP contribution in [0.4, 0.5) is 0 Å². The van der Waals surface area contributed by atoms with Gasteiger partial charge in [-0.1, -0.05) is 12.1 Å². The molecule has 1 rings (SSSR count). The Bertz CT molecular complexity index is 366. The molecule has 0 saturated carbocycles. The molecule has 1 aromatic rings. The van der Waals surface area contributed by atoms with Crippen molar-refractivity contribution in [3.05, 3.63) is 36.4 Å². The number of methoxy groups -OCH3 is 1. The SMILES string of the molecule is C=CCc1ccc(OC#N)c(OC)c1. The van der Waals surface area contributed by atoms with Crippen LogP contribution in [-0.2, 0) is 6.42 Å². The minimum absolute atomic E-state index is 0.433. The van der Waals surface area contributed by atoms with Crippen molar-refractivity contribution in [3.8, 4) is 17.8 Å². The van der Waals surface area contributed by atoms with E-state index in [1.165, 1.54) is 7.11 Å². The van der Waals surface area contributed by atoms with Gasteiger partial charge in [0.2, 0.25) is 0 Å². The highest BCUT2D eigenvalue weighted by Crippen LogP contribution is 2.27. The first-order valence-corrected chi connectivity index (χ1v) is 4.15. The summed E-state index contributed by atoms with van der Waals surface area (Å²) in [4.78, 5) is 0. The van der Waals surface area contributed by atoms with E-state index in [0.717, 1.165) is 12.0 Å². The molecule has 0 bridgehead atoms. The molecule has 3 heteroatoms. The van der Waals surface area contributed by atoms with E-state index in [-0.39, 0.29) is 0 Å². The van der Waals surface area contributed by atoms with Crippen molar-refractivity contribution < 1.29 is 9.47 Å². The zero-order valence-corrected chi connectivity index (χ0v) is 7.99. The van der Waals surface area contributed by atoms with E-state index in [1.807, 2.05) is 12.1 Å². The second-order valence-corrected chi connectivity index (χ2v) is 2.67. The lowest BCUT2D eigenvalue weighted by atomic mass is 10.1. The molecule has 0 aliphatic rings. The molecule has 1 aromatic carbocycles. The smallest absolute Gasteiger partial charge is 0.292 e. The Morgan fingerprint density at radius 2 is 2.29 bits per heavy atom. The maximum atomic E-state index is 8.37. The van der Waals surface area contributed by atoms with Gasteiger partial charge in [0.15, 0.2) is 11.5 Å². The van der Waals surface area contributed by atoms with Gasteiger partial charge in [0.25, 0.3) is 6.26 Å². The Labute approximate surface area is 83.2 Å². The molecule has 0 aliphatic carbocycles. The Morgan fingerprint density at radius 1 is 1.50 bits per heavy atom. The quantitative estimate of drug-likeness (QED) is 0.539. The molecule has 72 valence electrons. The van der Waals surface area contributed by atoms with Gasteiger partial charge >= 0.3 is 0 Å². The molecule has 0 N–H and O–H groups in total. The summed E-state index contributed by atoms with van der Waals surface area (Å²) in [7, 11) is 1.54. The molecule has 3 nitrogen and oxygen atoms in total. The van der Waals surface area contributed by atoms with Crippen molar-refractivity contribution in [1.82, 2.24) is 0 Å². The van der Waals surface area contributed by atoms with Gasteiger partial charge in [-0.25, -0.2) is 0 Å². The van der Waals surface area contributed by atoms with E-state index in [0.29, 0.717) is 11.5 Å². The van der Waals surface area contributed by atoms with Crippen LogP contribution in [0.1, 0.15) is 5.56 Å². The molecule has 0 unspecified atom stereocenters. The highest BCUT2D eigenvalue weighted by molar-refractivity contribution is 5.43. The van der Waals surface area contributed by atoms with Crippen LogP contribution in [0.15, 0.2) is 30.9 Å². The van der Waals surface area contributed by atoms with Crippen LogP contribution >= 0.6 is 0 Å². The van der Waals surface area contributed by atoms with E-state index in [1.54, 1.807) is 18.4 Å². The Hall–Kier alpha value is -1.95. The first-order chi connectivity index (χ1) is 6.81. The Balaban J connectivity index is 2.99. The summed E-state index contributed by atoms with van der Waals surface area (Å²) in [6.45, 7) is 3.65. The number of hydrogen-bond acceptors (Lipinski definition) is 3. The number of rotatable bonds is 4. The van der Waals surface area contributed by atoms with Crippen molar-refractivity contribution in [2.24, 2.45) is 0 Å². The third kappa shape index (κ3) is 2.27. The van der Waals surface area contributed by atoms with Gasteiger partial charge in [-0.05, 0) is 24.1 Å². The number of ether oxygens (including phenoxy) is 2. The molecule has 0 saturated heterocycles. The normalized spacial score (nSPS) is 8.86. The topological polar surface area (TPSA) is 42.2 Å². The summed E-state index contributed by atoms with van der Waals surface area (Å²) in [5.74, 6) is 0.994. The molecule has 0 aliphatic heterocycles. The third-order valence-electron chi connectivity index (χ3n) is 1.76. The number of nitriles is 1. The summed E-state index contributed by atoms with van der Waals surface area (Å²) in [5, 5.41) is 8.37. The largest absolute Gasteiger partial charge is 0.493 e. The number of nitrogens with zero attached hydrogens (tertiary/aromatic N) is 1. The molecule has 0 heterocycles. The van der Waals surface area contributed by atoms with Gasteiger partial charge in [-0.15, -0.1) is 11.8 Å². The Morgan fingerprint density at radius 3 is 2.86 bits per heavy atom.